The number of methoxy groups -OCH3 is 1. The zero-order valence-electron chi connectivity index (χ0n) is 17.5. The third kappa shape index (κ3) is 3.94. The van der Waals surface area contributed by atoms with Gasteiger partial charge in [0.25, 0.3) is 0 Å². The number of fused-ring (bicyclic) bond motifs is 1. The number of ether oxygens (including phenoxy) is 1. The lowest BCUT2D eigenvalue weighted by atomic mass is 9.86. The predicted octanol–water partition coefficient (Wildman–Crippen LogP) is 5.98. The van der Waals surface area contributed by atoms with E-state index in [0.29, 0.717) is 0 Å². The molecule has 0 saturated heterocycles. The van der Waals surface area contributed by atoms with Crippen LogP contribution < -0.4 is 10.1 Å². The van der Waals surface area contributed by atoms with Crippen molar-refractivity contribution in [3.63, 3.8) is 0 Å². The Labute approximate surface area is 171 Å². The van der Waals surface area contributed by atoms with Crippen LogP contribution in [0.4, 0.5) is 11.6 Å². The van der Waals surface area contributed by atoms with Gasteiger partial charge in [-0.1, -0.05) is 45.0 Å². The summed E-state index contributed by atoms with van der Waals surface area (Å²) in [6.07, 6.45) is 0. The molecule has 2 N–H and O–H groups in total. The third-order valence-corrected chi connectivity index (χ3v) is 5.02. The SMILES string of the molecule is COc1ccc2c(-c3ccc(C(C)(C)C)cc3)nc(Nc3cc(C)[nH]n3)cc2c1. The molecule has 29 heavy (non-hydrogen) atoms. The highest BCUT2D eigenvalue weighted by molar-refractivity contribution is 5.97. The van der Waals surface area contributed by atoms with Crippen LogP contribution in [-0.4, -0.2) is 22.3 Å². The molecule has 0 fully saturated rings. The summed E-state index contributed by atoms with van der Waals surface area (Å²) in [5, 5.41) is 12.7. The number of aromatic amines is 1. The Bertz CT molecular complexity index is 1150. The Kier molecular flexibility index (Phi) is 4.74. The molecule has 2 heterocycles. The van der Waals surface area contributed by atoms with Crippen molar-refractivity contribution >= 4 is 22.4 Å². The quantitative estimate of drug-likeness (QED) is 0.453. The standard InChI is InChI=1S/C24H26N4O/c1-15-12-22(28-27-15)25-21-14-17-13-19(29-5)10-11-20(17)23(26-21)16-6-8-18(9-7-16)24(2,3)4/h6-14H,1-5H3,(H2,25,26,27,28). The van der Waals surface area contributed by atoms with E-state index in [2.05, 4.69) is 66.6 Å². The Balaban J connectivity index is 1.84. The fraction of sp³-hybridized carbons (Fsp3) is 0.250. The number of nitrogens with one attached hydrogen (secondary N) is 2. The molecule has 0 unspecified atom stereocenters. The first kappa shape index (κ1) is 19.0. The van der Waals surface area contributed by atoms with Crippen LogP contribution >= 0.6 is 0 Å². The van der Waals surface area contributed by atoms with E-state index >= 15 is 0 Å². The van der Waals surface area contributed by atoms with Crippen molar-refractivity contribution in [2.24, 2.45) is 0 Å². The monoisotopic (exact) mass is 386 g/mol. The smallest absolute Gasteiger partial charge is 0.153 e. The first-order valence-corrected chi connectivity index (χ1v) is 9.72. The number of aryl methyl sites for hydroxylation is 1. The fourth-order valence-corrected chi connectivity index (χ4v) is 3.39. The predicted molar refractivity (Wildman–Crippen MR) is 119 cm³/mol. The van der Waals surface area contributed by atoms with Crippen LogP contribution in [0.2, 0.25) is 0 Å². The van der Waals surface area contributed by atoms with Gasteiger partial charge in [0.2, 0.25) is 0 Å². The van der Waals surface area contributed by atoms with Crippen molar-refractivity contribution in [3.8, 4) is 17.0 Å². The molecule has 0 aliphatic carbocycles. The Morgan fingerprint density at radius 2 is 1.69 bits per heavy atom. The van der Waals surface area contributed by atoms with Crippen LogP contribution in [0.5, 0.6) is 5.75 Å². The van der Waals surface area contributed by atoms with Gasteiger partial charge in [-0.05, 0) is 47.6 Å². The zero-order chi connectivity index (χ0) is 20.6. The van der Waals surface area contributed by atoms with Gasteiger partial charge in [-0.15, -0.1) is 0 Å². The normalized spacial score (nSPS) is 11.6. The van der Waals surface area contributed by atoms with Gasteiger partial charge in [0, 0.05) is 22.7 Å². The maximum atomic E-state index is 5.42. The lowest BCUT2D eigenvalue weighted by Gasteiger charge is -2.19. The van der Waals surface area contributed by atoms with Crippen LogP contribution in [-0.2, 0) is 5.41 Å². The van der Waals surface area contributed by atoms with Gasteiger partial charge in [0.05, 0.1) is 12.8 Å². The fourth-order valence-electron chi connectivity index (χ4n) is 3.39. The molecule has 5 heteroatoms. The topological polar surface area (TPSA) is 62.8 Å². The number of pyridine rings is 1. The highest BCUT2D eigenvalue weighted by Gasteiger charge is 2.15. The van der Waals surface area contributed by atoms with Crippen LogP contribution in [0.1, 0.15) is 32.0 Å². The number of aromatic nitrogens is 3. The Morgan fingerprint density at radius 3 is 2.31 bits per heavy atom. The molecular weight excluding hydrogens is 360 g/mol. The molecule has 0 spiro atoms. The summed E-state index contributed by atoms with van der Waals surface area (Å²) < 4.78 is 5.42. The van der Waals surface area contributed by atoms with Crippen molar-refractivity contribution in [3.05, 3.63) is 65.9 Å². The van der Waals surface area contributed by atoms with E-state index in [1.807, 2.05) is 31.2 Å². The number of H-pyrrole nitrogens is 1. The van der Waals surface area contributed by atoms with Crippen molar-refractivity contribution in [2.45, 2.75) is 33.1 Å². The molecule has 0 amide bonds. The van der Waals surface area contributed by atoms with Gasteiger partial charge in [-0.3, -0.25) is 5.10 Å². The van der Waals surface area contributed by atoms with Gasteiger partial charge in [0.15, 0.2) is 5.82 Å². The molecule has 0 bridgehead atoms. The molecule has 148 valence electrons. The summed E-state index contributed by atoms with van der Waals surface area (Å²) in [6, 6.07) is 18.7. The van der Waals surface area contributed by atoms with Crippen molar-refractivity contribution in [2.75, 3.05) is 12.4 Å². The number of rotatable bonds is 4. The van der Waals surface area contributed by atoms with Crippen molar-refractivity contribution < 1.29 is 4.74 Å². The first-order valence-electron chi connectivity index (χ1n) is 9.72. The molecule has 0 saturated carbocycles. The van der Waals surface area contributed by atoms with Gasteiger partial charge >= 0.3 is 0 Å². The second-order valence-corrected chi connectivity index (χ2v) is 8.33. The van der Waals surface area contributed by atoms with Gasteiger partial charge in [0.1, 0.15) is 11.6 Å². The molecule has 4 aromatic rings. The maximum absolute atomic E-state index is 5.42. The van der Waals surface area contributed by atoms with Crippen LogP contribution in [0.3, 0.4) is 0 Å². The summed E-state index contributed by atoms with van der Waals surface area (Å²) in [6.45, 7) is 8.63. The molecule has 0 radical (unpaired) electrons. The van der Waals surface area contributed by atoms with E-state index in [1.165, 1.54) is 5.56 Å². The summed E-state index contributed by atoms with van der Waals surface area (Å²) in [5.74, 6) is 2.30. The largest absolute Gasteiger partial charge is 0.497 e. The minimum atomic E-state index is 0.114. The zero-order valence-corrected chi connectivity index (χ0v) is 17.5. The molecule has 0 atom stereocenters. The lowest BCUT2D eigenvalue weighted by molar-refractivity contribution is 0.415. The van der Waals surface area contributed by atoms with Crippen molar-refractivity contribution in [1.82, 2.24) is 15.2 Å². The number of benzene rings is 2. The van der Waals surface area contributed by atoms with Gasteiger partial charge in [-0.25, -0.2) is 4.98 Å². The first-order chi connectivity index (χ1) is 13.8. The number of hydrogen-bond acceptors (Lipinski definition) is 4. The van der Waals surface area contributed by atoms with Crippen molar-refractivity contribution in [1.29, 1.82) is 0 Å². The van der Waals surface area contributed by atoms with E-state index < -0.39 is 0 Å². The van der Waals surface area contributed by atoms with Crippen LogP contribution in [0, 0.1) is 6.92 Å². The summed E-state index contributed by atoms with van der Waals surface area (Å²) in [4.78, 5) is 4.92. The Hall–Kier alpha value is -3.34. The lowest BCUT2D eigenvalue weighted by Crippen LogP contribution is -2.10. The van der Waals surface area contributed by atoms with Crippen LogP contribution in [0.25, 0.3) is 22.0 Å². The van der Waals surface area contributed by atoms with E-state index in [-0.39, 0.29) is 5.41 Å². The van der Waals surface area contributed by atoms with Gasteiger partial charge in [-0.2, -0.15) is 5.10 Å². The minimum absolute atomic E-state index is 0.114. The molecule has 5 nitrogen and oxygen atoms in total. The molecular formula is C24H26N4O. The van der Waals surface area contributed by atoms with Gasteiger partial charge < -0.3 is 10.1 Å². The molecule has 2 aromatic carbocycles. The molecule has 4 rings (SSSR count). The summed E-state index contributed by atoms with van der Waals surface area (Å²) >= 11 is 0. The maximum Gasteiger partial charge on any atom is 0.153 e. The highest BCUT2D eigenvalue weighted by atomic mass is 16.5. The van der Waals surface area contributed by atoms with Crippen LogP contribution in [0.15, 0.2) is 54.6 Å². The molecule has 0 aliphatic rings. The van der Waals surface area contributed by atoms with E-state index in [4.69, 9.17) is 9.72 Å². The minimum Gasteiger partial charge on any atom is -0.497 e. The number of nitrogens with zero attached hydrogens (tertiary/aromatic N) is 2. The second-order valence-electron chi connectivity index (χ2n) is 8.33. The average molecular weight is 386 g/mol. The number of hydrogen-bond donors (Lipinski definition) is 2. The average Bonchev–Trinajstić information content (AvgIpc) is 3.11. The third-order valence-electron chi connectivity index (χ3n) is 5.02. The molecule has 2 aromatic heterocycles. The van der Waals surface area contributed by atoms with E-state index in [0.717, 1.165) is 45.1 Å². The second kappa shape index (κ2) is 7.24. The Morgan fingerprint density at radius 1 is 0.931 bits per heavy atom. The summed E-state index contributed by atoms with van der Waals surface area (Å²) in [5.41, 5.74) is 4.42. The highest BCUT2D eigenvalue weighted by Crippen LogP contribution is 2.33. The van der Waals surface area contributed by atoms with E-state index in [1.54, 1.807) is 7.11 Å². The van der Waals surface area contributed by atoms with E-state index in [9.17, 15) is 0 Å². The summed E-state index contributed by atoms with van der Waals surface area (Å²) in [7, 11) is 1.68. The molecule has 0 aliphatic heterocycles. The number of anilines is 2.